The molecule has 0 saturated carbocycles. The molecule has 0 atom stereocenters. The van der Waals surface area contributed by atoms with E-state index in [9.17, 15) is 0 Å². The van der Waals surface area contributed by atoms with Crippen LogP contribution in [0.2, 0.25) is 0 Å². The van der Waals surface area contributed by atoms with Crippen LogP contribution in [0.1, 0.15) is 0 Å². The van der Waals surface area contributed by atoms with Crippen molar-refractivity contribution in [3.8, 4) is 10.6 Å². The smallest absolute Gasteiger partial charge is 0.222 e. The van der Waals surface area contributed by atoms with Gasteiger partial charge in [0.15, 0.2) is 5.65 Å². The monoisotopic (exact) mass is 217 g/mol. The molecule has 0 aromatic carbocycles. The van der Waals surface area contributed by atoms with Crippen molar-refractivity contribution in [2.24, 2.45) is 0 Å². The Hall–Kier alpha value is -1.95. The Balaban J connectivity index is 2.38. The number of hydrogen-bond donors (Lipinski definition) is 2. The summed E-state index contributed by atoms with van der Waals surface area (Å²) in [7, 11) is 0. The standard InChI is InChI=1S/C9H7N5S/c10-9-12-7(6-2-1-3-15-6)5-4-11-14-8(5)13-9/h1-4H,(H3,10,11,12,13,14). The number of rotatable bonds is 1. The molecule has 0 radical (unpaired) electrons. The quantitative estimate of drug-likeness (QED) is 0.649. The Morgan fingerprint density at radius 3 is 3.07 bits per heavy atom. The van der Waals surface area contributed by atoms with E-state index in [0.29, 0.717) is 5.65 Å². The number of anilines is 1. The maximum Gasteiger partial charge on any atom is 0.222 e. The minimum Gasteiger partial charge on any atom is -0.368 e. The van der Waals surface area contributed by atoms with E-state index >= 15 is 0 Å². The summed E-state index contributed by atoms with van der Waals surface area (Å²) < 4.78 is 0. The first-order chi connectivity index (χ1) is 7.34. The molecule has 0 unspecified atom stereocenters. The van der Waals surface area contributed by atoms with Crippen molar-refractivity contribution in [2.75, 3.05) is 5.73 Å². The van der Waals surface area contributed by atoms with Gasteiger partial charge in [0.25, 0.3) is 0 Å². The number of thiophene rings is 1. The van der Waals surface area contributed by atoms with Crippen LogP contribution in [0.3, 0.4) is 0 Å². The van der Waals surface area contributed by atoms with Crippen LogP contribution in [-0.4, -0.2) is 20.2 Å². The third kappa shape index (κ3) is 1.26. The highest BCUT2D eigenvalue weighted by atomic mass is 32.1. The molecule has 0 aliphatic carbocycles. The van der Waals surface area contributed by atoms with Crippen molar-refractivity contribution in [1.29, 1.82) is 0 Å². The molecule has 0 bridgehead atoms. The van der Waals surface area contributed by atoms with Crippen LogP contribution < -0.4 is 5.73 Å². The van der Waals surface area contributed by atoms with Gasteiger partial charge in [0.05, 0.1) is 22.2 Å². The maximum absolute atomic E-state index is 5.62. The molecular formula is C9H7N5S. The average molecular weight is 217 g/mol. The van der Waals surface area contributed by atoms with Gasteiger partial charge in [-0.2, -0.15) is 10.1 Å². The van der Waals surface area contributed by atoms with E-state index in [1.807, 2.05) is 17.5 Å². The number of H-pyrrole nitrogens is 1. The fraction of sp³-hybridized carbons (Fsp3) is 0. The second-order valence-electron chi connectivity index (χ2n) is 3.04. The molecule has 0 aliphatic rings. The highest BCUT2D eigenvalue weighted by Gasteiger charge is 2.10. The normalized spacial score (nSPS) is 10.9. The molecule has 3 rings (SSSR count). The van der Waals surface area contributed by atoms with Crippen LogP contribution in [0.25, 0.3) is 21.6 Å². The molecule has 0 saturated heterocycles. The Labute approximate surface area is 89.0 Å². The van der Waals surface area contributed by atoms with Gasteiger partial charge in [0, 0.05) is 0 Å². The van der Waals surface area contributed by atoms with Crippen LogP contribution in [0.4, 0.5) is 5.95 Å². The summed E-state index contributed by atoms with van der Waals surface area (Å²) in [5, 5.41) is 9.62. The second kappa shape index (κ2) is 3.03. The van der Waals surface area contributed by atoms with Gasteiger partial charge in [-0.1, -0.05) is 6.07 Å². The molecule has 3 aromatic heterocycles. The van der Waals surface area contributed by atoms with Crippen LogP contribution in [0, 0.1) is 0 Å². The first-order valence-electron chi connectivity index (χ1n) is 4.35. The van der Waals surface area contributed by atoms with Crippen LogP contribution in [0.15, 0.2) is 23.7 Å². The van der Waals surface area contributed by atoms with E-state index in [4.69, 9.17) is 5.73 Å². The lowest BCUT2D eigenvalue weighted by atomic mass is 10.2. The molecule has 3 aromatic rings. The van der Waals surface area contributed by atoms with Crippen molar-refractivity contribution >= 4 is 28.3 Å². The number of nitrogen functional groups attached to an aromatic ring is 1. The first-order valence-corrected chi connectivity index (χ1v) is 5.23. The summed E-state index contributed by atoms with van der Waals surface area (Å²) in [6.07, 6.45) is 1.71. The largest absolute Gasteiger partial charge is 0.368 e. The number of nitrogens with zero attached hydrogens (tertiary/aromatic N) is 3. The molecular weight excluding hydrogens is 210 g/mol. The molecule has 6 heteroatoms. The van der Waals surface area contributed by atoms with Crippen molar-refractivity contribution in [3.63, 3.8) is 0 Å². The van der Waals surface area contributed by atoms with Gasteiger partial charge in [0.1, 0.15) is 0 Å². The van der Waals surface area contributed by atoms with Gasteiger partial charge in [-0.25, -0.2) is 4.98 Å². The fourth-order valence-electron chi connectivity index (χ4n) is 1.45. The maximum atomic E-state index is 5.62. The number of nitrogens with one attached hydrogen (secondary N) is 1. The molecule has 5 nitrogen and oxygen atoms in total. The highest BCUT2D eigenvalue weighted by Crippen LogP contribution is 2.28. The molecule has 74 valence electrons. The van der Waals surface area contributed by atoms with Crippen LogP contribution in [0.5, 0.6) is 0 Å². The number of hydrogen-bond acceptors (Lipinski definition) is 5. The van der Waals surface area contributed by atoms with E-state index in [0.717, 1.165) is 16.0 Å². The summed E-state index contributed by atoms with van der Waals surface area (Å²) in [6.45, 7) is 0. The van der Waals surface area contributed by atoms with Crippen molar-refractivity contribution in [1.82, 2.24) is 20.2 Å². The zero-order valence-electron chi connectivity index (χ0n) is 7.64. The topological polar surface area (TPSA) is 80.5 Å². The number of fused-ring (bicyclic) bond motifs is 1. The summed E-state index contributed by atoms with van der Waals surface area (Å²) in [5.74, 6) is 0.259. The third-order valence-corrected chi connectivity index (χ3v) is 2.96. The van der Waals surface area contributed by atoms with E-state index in [1.54, 1.807) is 17.5 Å². The lowest BCUT2D eigenvalue weighted by Crippen LogP contribution is -1.96. The predicted molar refractivity (Wildman–Crippen MR) is 59.4 cm³/mol. The van der Waals surface area contributed by atoms with E-state index in [-0.39, 0.29) is 5.95 Å². The van der Waals surface area contributed by atoms with Gasteiger partial charge in [0.2, 0.25) is 5.95 Å². The molecule has 3 N–H and O–H groups in total. The highest BCUT2D eigenvalue weighted by molar-refractivity contribution is 7.13. The predicted octanol–water partition coefficient (Wildman–Crippen LogP) is 1.66. The average Bonchev–Trinajstić information content (AvgIpc) is 2.86. The van der Waals surface area contributed by atoms with Gasteiger partial charge in [-0.3, -0.25) is 5.10 Å². The summed E-state index contributed by atoms with van der Waals surface area (Å²) in [4.78, 5) is 9.36. The zero-order valence-corrected chi connectivity index (χ0v) is 8.45. The molecule has 3 heterocycles. The Kier molecular flexibility index (Phi) is 1.69. The first kappa shape index (κ1) is 8.37. The molecule has 15 heavy (non-hydrogen) atoms. The molecule has 0 aliphatic heterocycles. The lowest BCUT2D eigenvalue weighted by molar-refractivity contribution is 1.09. The van der Waals surface area contributed by atoms with Gasteiger partial charge in [-0.15, -0.1) is 11.3 Å². The Morgan fingerprint density at radius 2 is 2.27 bits per heavy atom. The van der Waals surface area contributed by atoms with E-state index < -0.39 is 0 Å². The van der Waals surface area contributed by atoms with Crippen molar-refractivity contribution in [3.05, 3.63) is 23.7 Å². The van der Waals surface area contributed by atoms with Crippen molar-refractivity contribution in [2.45, 2.75) is 0 Å². The SMILES string of the molecule is Nc1nc(-c2cccs2)c2cn[nH]c2n1. The Morgan fingerprint density at radius 1 is 1.33 bits per heavy atom. The van der Waals surface area contributed by atoms with Crippen molar-refractivity contribution < 1.29 is 0 Å². The second-order valence-corrected chi connectivity index (χ2v) is 3.99. The minimum atomic E-state index is 0.259. The summed E-state index contributed by atoms with van der Waals surface area (Å²) >= 11 is 1.62. The van der Waals surface area contributed by atoms with Crippen LogP contribution >= 0.6 is 11.3 Å². The van der Waals surface area contributed by atoms with E-state index in [2.05, 4.69) is 20.2 Å². The number of aromatic amines is 1. The lowest BCUT2D eigenvalue weighted by Gasteiger charge is -1.99. The fourth-order valence-corrected chi connectivity index (χ4v) is 2.18. The summed E-state index contributed by atoms with van der Waals surface area (Å²) in [5.41, 5.74) is 7.13. The molecule has 0 amide bonds. The summed E-state index contributed by atoms with van der Waals surface area (Å²) in [6, 6.07) is 3.98. The van der Waals surface area contributed by atoms with Gasteiger partial charge in [-0.05, 0) is 11.4 Å². The Bertz CT molecular complexity index is 598. The zero-order chi connectivity index (χ0) is 10.3. The molecule has 0 spiro atoms. The number of nitrogens with two attached hydrogens (primary N) is 1. The minimum absolute atomic E-state index is 0.259. The van der Waals surface area contributed by atoms with E-state index in [1.165, 1.54) is 0 Å². The van der Waals surface area contributed by atoms with Gasteiger partial charge < -0.3 is 5.73 Å². The van der Waals surface area contributed by atoms with Crippen LogP contribution in [-0.2, 0) is 0 Å². The number of aromatic nitrogens is 4. The van der Waals surface area contributed by atoms with Gasteiger partial charge >= 0.3 is 0 Å². The molecule has 0 fully saturated rings. The third-order valence-electron chi connectivity index (χ3n) is 2.08.